The van der Waals surface area contributed by atoms with Crippen molar-refractivity contribution in [3.8, 4) is 39.6 Å². The summed E-state index contributed by atoms with van der Waals surface area (Å²) in [6.07, 6.45) is 0. The lowest BCUT2D eigenvalue weighted by molar-refractivity contribution is 0.289. The minimum Gasteiger partial charge on any atom is -0.497 e. The molecule has 0 bridgehead atoms. The van der Waals surface area contributed by atoms with Crippen LogP contribution in [0.2, 0.25) is 0 Å². The summed E-state index contributed by atoms with van der Waals surface area (Å²) in [5.41, 5.74) is 5.52. The van der Waals surface area contributed by atoms with Crippen molar-refractivity contribution in [3.05, 3.63) is 118 Å². The van der Waals surface area contributed by atoms with Gasteiger partial charge in [-0.25, -0.2) is 0 Å². The van der Waals surface area contributed by atoms with E-state index in [1.54, 1.807) is 7.11 Å². The Morgan fingerprint density at radius 1 is 0.757 bits per heavy atom. The number of nitrogens with zero attached hydrogens (tertiary/aromatic N) is 1. The molecule has 1 aromatic heterocycles. The minimum absolute atomic E-state index is 0.405. The van der Waals surface area contributed by atoms with Crippen molar-refractivity contribution < 1.29 is 18.7 Å². The molecule has 6 heteroatoms. The molecule has 0 spiro atoms. The van der Waals surface area contributed by atoms with Crippen LogP contribution in [-0.2, 0) is 13.2 Å². The molecular weight excluding hydrogens is 530 g/mol. The van der Waals surface area contributed by atoms with Gasteiger partial charge in [0.25, 0.3) is 0 Å². The molecule has 4 aromatic carbocycles. The van der Waals surface area contributed by atoms with Gasteiger partial charge in [-0.1, -0.05) is 78.0 Å². The predicted octanol–water partition coefficient (Wildman–Crippen LogP) is 8.25. The summed E-state index contributed by atoms with van der Waals surface area (Å²) in [6, 6.07) is 31.9. The quantitative estimate of drug-likeness (QED) is 0.183. The largest absolute Gasteiger partial charge is 0.497 e. The fourth-order valence-electron chi connectivity index (χ4n) is 4.07. The zero-order valence-corrected chi connectivity index (χ0v) is 22.2. The molecule has 0 aliphatic carbocycles. The van der Waals surface area contributed by atoms with E-state index in [1.807, 2.05) is 104 Å². The maximum absolute atomic E-state index is 6.36. The van der Waals surface area contributed by atoms with E-state index in [2.05, 4.69) is 21.1 Å². The summed E-state index contributed by atoms with van der Waals surface area (Å²) < 4.78 is 24.3. The Labute approximate surface area is 224 Å². The number of methoxy groups -OCH3 is 1. The Balaban J connectivity index is 1.54. The van der Waals surface area contributed by atoms with Gasteiger partial charge in [0.2, 0.25) is 0 Å². The maximum Gasteiger partial charge on any atom is 0.142 e. The van der Waals surface area contributed by atoms with Gasteiger partial charge in [-0.3, -0.25) is 0 Å². The lowest BCUT2D eigenvalue weighted by Gasteiger charge is -2.16. The van der Waals surface area contributed by atoms with E-state index in [9.17, 15) is 0 Å². The number of benzene rings is 4. The van der Waals surface area contributed by atoms with E-state index in [1.165, 1.54) is 0 Å². The Kier molecular flexibility index (Phi) is 7.57. The average molecular weight is 556 g/mol. The Bertz CT molecular complexity index is 1470. The molecule has 186 valence electrons. The first-order chi connectivity index (χ1) is 18.1. The van der Waals surface area contributed by atoms with Gasteiger partial charge in [-0.15, -0.1) is 0 Å². The molecule has 5 rings (SSSR count). The molecule has 5 aromatic rings. The number of hydrogen-bond donors (Lipinski definition) is 0. The van der Waals surface area contributed by atoms with Crippen molar-refractivity contribution >= 4 is 15.9 Å². The third-order valence-corrected chi connectivity index (χ3v) is 6.62. The monoisotopic (exact) mass is 555 g/mol. The first kappa shape index (κ1) is 24.7. The van der Waals surface area contributed by atoms with E-state index in [-0.39, 0.29) is 0 Å². The van der Waals surface area contributed by atoms with Gasteiger partial charge < -0.3 is 18.7 Å². The second kappa shape index (κ2) is 11.4. The van der Waals surface area contributed by atoms with Crippen LogP contribution in [0.1, 0.15) is 16.9 Å². The van der Waals surface area contributed by atoms with Crippen LogP contribution in [0.4, 0.5) is 0 Å². The Morgan fingerprint density at radius 2 is 1.35 bits per heavy atom. The molecule has 0 aliphatic heterocycles. The summed E-state index contributed by atoms with van der Waals surface area (Å²) in [5, 5.41) is 4.44. The van der Waals surface area contributed by atoms with E-state index in [0.29, 0.717) is 30.4 Å². The second-order valence-corrected chi connectivity index (χ2v) is 9.37. The van der Waals surface area contributed by atoms with Crippen LogP contribution in [0.5, 0.6) is 17.2 Å². The van der Waals surface area contributed by atoms with E-state index < -0.39 is 0 Å². The second-order valence-electron chi connectivity index (χ2n) is 8.52. The van der Waals surface area contributed by atoms with Gasteiger partial charge in [-0.05, 0) is 57.7 Å². The molecule has 0 fully saturated rings. The highest BCUT2D eigenvalue weighted by molar-refractivity contribution is 9.10. The van der Waals surface area contributed by atoms with Crippen LogP contribution in [0, 0.1) is 6.92 Å². The van der Waals surface area contributed by atoms with Crippen molar-refractivity contribution in [1.29, 1.82) is 0 Å². The molecule has 1 heterocycles. The molecule has 0 unspecified atom stereocenters. The molecule has 0 atom stereocenters. The highest BCUT2D eigenvalue weighted by Gasteiger charge is 2.22. The minimum atomic E-state index is 0.405. The summed E-state index contributed by atoms with van der Waals surface area (Å²) in [4.78, 5) is 0. The van der Waals surface area contributed by atoms with Gasteiger partial charge in [0.1, 0.15) is 41.9 Å². The van der Waals surface area contributed by atoms with E-state index >= 15 is 0 Å². The summed E-state index contributed by atoms with van der Waals surface area (Å²) >= 11 is 3.70. The van der Waals surface area contributed by atoms with E-state index in [4.69, 9.17) is 18.7 Å². The highest BCUT2D eigenvalue weighted by atomic mass is 79.9. The molecule has 5 nitrogen and oxygen atoms in total. The highest BCUT2D eigenvalue weighted by Crippen LogP contribution is 2.43. The summed E-state index contributed by atoms with van der Waals surface area (Å²) in [7, 11) is 1.65. The third kappa shape index (κ3) is 5.70. The Hall–Kier alpha value is -4.03. The molecule has 37 heavy (non-hydrogen) atoms. The first-order valence-corrected chi connectivity index (χ1v) is 12.7. The molecule has 0 aliphatic rings. The summed E-state index contributed by atoms with van der Waals surface area (Å²) in [6.45, 7) is 2.76. The number of ether oxygens (including phenoxy) is 3. The number of aromatic nitrogens is 1. The molecule has 0 saturated heterocycles. The lowest BCUT2D eigenvalue weighted by Crippen LogP contribution is -2.01. The van der Waals surface area contributed by atoms with Crippen LogP contribution in [0.15, 0.2) is 106 Å². The SMILES string of the molecule is COc1ccc(-c2c(-c3cc(Br)c(OCc4ccccc4)cc3OCc3ccccc3)noc2C)cc1. The number of rotatable bonds is 9. The van der Waals surface area contributed by atoms with Crippen LogP contribution in [-0.4, -0.2) is 12.3 Å². The van der Waals surface area contributed by atoms with Crippen LogP contribution in [0.3, 0.4) is 0 Å². The lowest BCUT2D eigenvalue weighted by atomic mass is 9.98. The molecule has 0 N–H and O–H groups in total. The first-order valence-electron chi connectivity index (χ1n) is 11.9. The van der Waals surface area contributed by atoms with Crippen molar-refractivity contribution in [2.75, 3.05) is 7.11 Å². The van der Waals surface area contributed by atoms with Crippen molar-refractivity contribution in [2.45, 2.75) is 20.1 Å². The van der Waals surface area contributed by atoms with Gasteiger partial charge in [0.05, 0.1) is 17.1 Å². The van der Waals surface area contributed by atoms with Crippen molar-refractivity contribution in [1.82, 2.24) is 5.16 Å². The molecule has 0 saturated carbocycles. The topological polar surface area (TPSA) is 53.7 Å². The molecular formula is C31H26BrNO4. The normalized spacial score (nSPS) is 10.8. The standard InChI is InChI=1S/C31H26BrNO4/c1-21-30(24-13-15-25(34-2)16-14-24)31(33-37-21)26-17-27(32)29(36-20-23-11-7-4-8-12-23)18-28(26)35-19-22-9-5-3-6-10-22/h3-18H,19-20H2,1-2H3. The molecule has 0 amide bonds. The van der Waals surface area contributed by atoms with Crippen LogP contribution in [0.25, 0.3) is 22.4 Å². The number of halogens is 1. The smallest absolute Gasteiger partial charge is 0.142 e. The third-order valence-electron chi connectivity index (χ3n) is 6.00. The Morgan fingerprint density at radius 3 is 1.95 bits per heavy atom. The van der Waals surface area contributed by atoms with Gasteiger partial charge in [-0.2, -0.15) is 0 Å². The van der Waals surface area contributed by atoms with Crippen LogP contribution >= 0.6 is 15.9 Å². The predicted molar refractivity (Wildman–Crippen MR) is 148 cm³/mol. The zero-order chi connectivity index (χ0) is 25.6. The summed E-state index contributed by atoms with van der Waals surface area (Å²) in [5.74, 6) is 2.84. The zero-order valence-electron chi connectivity index (χ0n) is 20.6. The average Bonchev–Trinajstić information content (AvgIpc) is 3.33. The maximum atomic E-state index is 6.36. The van der Waals surface area contributed by atoms with Gasteiger partial charge >= 0.3 is 0 Å². The number of hydrogen-bond acceptors (Lipinski definition) is 5. The fourth-order valence-corrected chi connectivity index (χ4v) is 4.53. The number of aryl methyl sites for hydroxylation is 1. The van der Waals surface area contributed by atoms with Gasteiger partial charge in [0, 0.05) is 11.6 Å². The van der Waals surface area contributed by atoms with Crippen LogP contribution < -0.4 is 14.2 Å². The van der Waals surface area contributed by atoms with Gasteiger partial charge in [0.15, 0.2) is 0 Å². The fraction of sp³-hybridized carbons (Fsp3) is 0.129. The van der Waals surface area contributed by atoms with E-state index in [0.717, 1.165) is 43.8 Å². The van der Waals surface area contributed by atoms with Crippen molar-refractivity contribution in [2.24, 2.45) is 0 Å². The molecule has 0 radical (unpaired) electrons. The van der Waals surface area contributed by atoms with Crippen molar-refractivity contribution in [3.63, 3.8) is 0 Å².